The van der Waals surface area contributed by atoms with Crippen molar-refractivity contribution in [1.29, 1.82) is 0 Å². The van der Waals surface area contributed by atoms with Gasteiger partial charge in [-0.1, -0.05) is 0 Å². The Kier molecular flexibility index (Phi) is 5.57. The number of morpholine rings is 1. The summed E-state index contributed by atoms with van der Waals surface area (Å²) in [6.07, 6.45) is 1.53. The first-order valence-electron chi connectivity index (χ1n) is 10.9. The summed E-state index contributed by atoms with van der Waals surface area (Å²) < 4.78 is 35.8. The number of benzene rings is 1. The Morgan fingerprint density at radius 2 is 1.91 bits per heavy atom. The van der Waals surface area contributed by atoms with Crippen LogP contribution in [0.15, 0.2) is 47.4 Å². The van der Waals surface area contributed by atoms with Crippen molar-refractivity contribution in [1.82, 2.24) is 19.5 Å². The highest BCUT2D eigenvalue weighted by Crippen LogP contribution is 2.32. The number of aromatic nitrogens is 4. The van der Waals surface area contributed by atoms with Gasteiger partial charge in [0.25, 0.3) is 5.56 Å². The topological polar surface area (TPSA) is 73.1 Å². The summed E-state index contributed by atoms with van der Waals surface area (Å²) in [6.45, 7) is 5.11. The van der Waals surface area contributed by atoms with E-state index in [0.717, 1.165) is 17.3 Å². The van der Waals surface area contributed by atoms with E-state index in [1.54, 1.807) is 26.2 Å². The molecule has 0 bridgehead atoms. The Bertz CT molecular complexity index is 1470. The van der Waals surface area contributed by atoms with Gasteiger partial charge in [0, 0.05) is 43.7 Å². The lowest BCUT2D eigenvalue weighted by atomic mass is 10.1. The number of halogens is 2. The Morgan fingerprint density at radius 1 is 1.09 bits per heavy atom. The van der Waals surface area contributed by atoms with Crippen LogP contribution in [0.25, 0.3) is 22.2 Å². The summed E-state index contributed by atoms with van der Waals surface area (Å²) >= 11 is 0. The van der Waals surface area contributed by atoms with Crippen LogP contribution >= 0.6 is 0 Å². The normalized spacial score (nSPS) is 16.3. The number of rotatable bonds is 3. The first-order valence-corrected chi connectivity index (χ1v) is 10.9. The smallest absolute Gasteiger partial charge is 0.261 e. The van der Waals surface area contributed by atoms with Gasteiger partial charge in [-0.3, -0.25) is 14.3 Å². The van der Waals surface area contributed by atoms with Crippen molar-refractivity contribution >= 4 is 16.7 Å². The van der Waals surface area contributed by atoms with E-state index in [2.05, 4.69) is 9.97 Å². The highest BCUT2D eigenvalue weighted by molar-refractivity contribution is 5.93. The first kappa shape index (κ1) is 22.1. The maximum atomic E-state index is 14.8. The standard InChI is InChI=1S/C25H23F2N5O2/c1-14-10-16(6-7-28-14)21-13-32(8-9-34-21)22-12-19-24(29-15(2)31(3)25(19)33)23(30-22)18-5-4-17(26)11-20(18)27/h4-7,10-12,21H,8-9,13H2,1-3H3/t21-/m0/s1. The van der Waals surface area contributed by atoms with Crippen LogP contribution in [0, 0.1) is 25.5 Å². The minimum atomic E-state index is -0.766. The average molecular weight is 463 g/mol. The predicted octanol–water partition coefficient (Wildman–Crippen LogP) is 3.86. The molecule has 0 amide bonds. The Labute approximate surface area is 194 Å². The van der Waals surface area contributed by atoms with E-state index in [0.29, 0.717) is 36.7 Å². The quantitative estimate of drug-likeness (QED) is 0.459. The molecule has 34 heavy (non-hydrogen) atoms. The Hall–Kier alpha value is -3.72. The summed E-state index contributed by atoms with van der Waals surface area (Å²) in [5.74, 6) is -0.480. The van der Waals surface area contributed by atoms with Crippen molar-refractivity contribution in [3.8, 4) is 11.3 Å². The lowest BCUT2D eigenvalue weighted by molar-refractivity contribution is 0.0394. The van der Waals surface area contributed by atoms with Gasteiger partial charge >= 0.3 is 0 Å². The number of hydrogen-bond donors (Lipinski definition) is 0. The molecule has 1 aliphatic heterocycles. The molecule has 0 unspecified atom stereocenters. The summed E-state index contributed by atoms with van der Waals surface area (Å²) in [6, 6.07) is 8.88. The summed E-state index contributed by atoms with van der Waals surface area (Å²) in [7, 11) is 1.64. The van der Waals surface area contributed by atoms with Gasteiger partial charge in [-0.2, -0.15) is 0 Å². The van der Waals surface area contributed by atoms with Gasteiger partial charge in [0.15, 0.2) is 0 Å². The molecule has 0 spiro atoms. The molecule has 5 rings (SSSR count). The zero-order valence-electron chi connectivity index (χ0n) is 19.0. The fraction of sp³-hybridized carbons (Fsp3) is 0.280. The maximum absolute atomic E-state index is 14.8. The van der Waals surface area contributed by atoms with Crippen molar-refractivity contribution in [3.63, 3.8) is 0 Å². The van der Waals surface area contributed by atoms with Crippen molar-refractivity contribution in [2.24, 2.45) is 7.05 Å². The second-order valence-corrected chi connectivity index (χ2v) is 8.41. The zero-order chi connectivity index (χ0) is 24.0. The van der Waals surface area contributed by atoms with Crippen molar-refractivity contribution in [3.05, 3.63) is 81.7 Å². The van der Waals surface area contributed by atoms with Crippen LogP contribution in [-0.2, 0) is 11.8 Å². The average Bonchev–Trinajstić information content (AvgIpc) is 2.82. The van der Waals surface area contributed by atoms with Gasteiger partial charge in [-0.05, 0) is 49.7 Å². The molecular formula is C25H23F2N5O2. The molecule has 1 fully saturated rings. The first-order chi connectivity index (χ1) is 16.3. The van der Waals surface area contributed by atoms with Crippen LogP contribution in [0.3, 0.4) is 0 Å². The molecular weight excluding hydrogens is 440 g/mol. The SMILES string of the molecule is Cc1cc([C@@H]2CN(c3cc4c(=O)n(C)c(C)nc4c(-c4ccc(F)cc4F)n3)CCO2)ccn1. The number of anilines is 1. The maximum Gasteiger partial charge on any atom is 0.261 e. The number of pyridine rings is 2. The highest BCUT2D eigenvalue weighted by atomic mass is 19.1. The number of nitrogens with zero attached hydrogens (tertiary/aromatic N) is 5. The molecule has 4 aromatic rings. The molecule has 3 aromatic heterocycles. The molecule has 1 saturated heterocycles. The van der Waals surface area contributed by atoms with Crippen molar-refractivity contribution in [2.45, 2.75) is 20.0 Å². The number of aryl methyl sites for hydroxylation is 2. The van der Waals surface area contributed by atoms with E-state index in [-0.39, 0.29) is 28.4 Å². The minimum absolute atomic E-state index is 0.0861. The van der Waals surface area contributed by atoms with Crippen LogP contribution in [0.2, 0.25) is 0 Å². The van der Waals surface area contributed by atoms with Crippen LogP contribution in [0.1, 0.15) is 23.2 Å². The van der Waals surface area contributed by atoms with Gasteiger partial charge in [0.2, 0.25) is 0 Å². The second kappa shape index (κ2) is 8.57. The van der Waals surface area contributed by atoms with E-state index in [4.69, 9.17) is 9.72 Å². The lowest BCUT2D eigenvalue weighted by Gasteiger charge is -2.34. The molecule has 4 heterocycles. The van der Waals surface area contributed by atoms with E-state index in [1.165, 1.54) is 16.7 Å². The molecule has 0 radical (unpaired) electrons. The third-order valence-electron chi connectivity index (χ3n) is 6.14. The Morgan fingerprint density at radius 3 is 2.68 bits per heavy atom. The van der Waals surface area contributed by atoms with Crippen LogP contribution in [0.4, 0.5) is 14.6 Å². The van der Waals surface area contributed by atoms with Crippen LogP contribution < -0.4 is 10.5 Å². The molecule has 1 aliphatic rings. The van der Waals surface area contributed by atoms with Gasteiger partial charge in [0.1, 0.15) is 40.6 Å². The molecule has 1 aromatic carbocycles. The number of ether oxygens (including phenoxy) is 1. The third kappa shape index (κ3) is 3.92. The molecule has 1 atom stereocenters. The molecule has 7 nitrogen and oxygen atoms in total. The van der Waals surface area contributed by atoms with Crippen molar-refractivity contribution in [2.75, 3.05) is 24.6 Å². The fourth-order valence-electron chi connectivity index (χ4n) is 4.22. The zero-order valence-corrected chi connectivity index (χ0v) is 19.0. The van der Waals surface area contributed by atoms with Gasteiger partial charge < -0.3 is 9.64 Å². The van der Waals surface area contributed by atoms with Crippen LogP contribution in [-0.4, -0.2) is 39.2 Å². The highest BCUT2D eigenvalue weighted by Gasteiger charge is 2.26. The van der Waals surface area contributed by atoms with Gasteiger partial charge in [-0.25, -0.2) is 18.7 Å². The fourth-order valence-corrected chi connectivity index (χ4v) is 4.22. The molecule has 0 saturated carbocycles. The lowest BCUT2D eigenvalue weighted by Crippen LogP contribution is -2.39. The monoisotopic (exact) mass is 463 g/mol. The van der Waals surface area contributed by atoms with Gasteiger partial charge in [-0.15, -0.1) is 0 Å². The number of hydrogen-bond acceptors (Lipinski definition) is 6. The van der Waals surface area contributed by atoms with Crippen molar-refractivity contribution < 1.29 is 13.5 Å². The third-order valence-corrected chi connectivity index (χ3v) is 6.14. The van der Waals surface area contributed by atoms with E-state index in [9.17, 15) is 13.6 Å². The largest absolute Gasteiger partial charge is 0.370 e. The van der Waals surface area contributed by atoms with E-state index >= 15 is 0 Å². The minimum Gasteiger partial charge on any atom is -0.370 e. The predicted molar refractivity (Wildman–Crippen MR) is 125 cm³/mol. The number of fused-ring (bicyclic) bond motifs is 1. The molecule has 0 aliphatic carbocycles. The summed E-state index contributed by atoms with van der Waals surface area (Å²) in [4.78, 5) is 28.6. The summed E-state index contributed by atoms with van der Waals surface area (Å²) in [5, 5.41) is 0.319. The van der Waals surface area contributed by atoms with E-state index in [1.807, 2.05) is 24.0 Å². The molecule has 9 heteroatoms. The second-order valence-electron chi connectivity index (χ2n) is 8.41. The van der Waals surface area contributed by atoms with Crippen LogP contribution in [0.5, 0.6) is 0 Å². The van der Waals surface area contributed by atoms with Gasteiger partial charge in [0.05, 0.1) is 12.0 Å². The van der Waals surface area contributed by atoms with E-state index < -0.39 is 11.6 Å². The molecule has 174 valence electrons. The Balaban J connectivity index is 1.66. The summed E-state index contributed by atoms with van der Waals surface area (Å²) in [5.41, 5.74) is 2.20. The molecule has 0 N–H and O–H groups in total.